The van der Waals surface area contributed by atoms with Crippen LogP contribution in [-0.4, -0.2) is 55.5 Å². The van der Waals surface area contributed by atoms with Gasteiger partial charge in [0.2, 0.25) is 5.91 Å². The first-order valence-corrected chi connectivity index (χ1v) is 9.96. The van der Waals surface area contributed by atoms with Crippen LogP contribution in [0, 0.1) is 0 Å². The summed E-state index contributed by atoms with van der Waals surface area (Å²) in [5.74, 6) is -0.0173. The smallest absolute Gasteiger partial charge is 0.224 e. The van der Waals surface area contributed by atoms with Gasteiger partial charge >= 0.3 is 0 Å². The maximum absolute atomic E-state index is 12.7. The minimum atomic E-state index is -0.0371. The fourth-order valence-electron chi connectivity index (χ4n) is 3.29. The lowest BCUT2D eigenvalue weighted by atomic mass is 10.0. The van der Waals surface area contributed by atoms with Crippen molar-refractivity contribution in [2.24, 2.45) is 0 Å². The van der Waals surface area contributed by atoms with Crippen LogP contribution in [0.25, 0.3) is 0 Å². The fourth-order valence-corrected chi connectivity index (χ4v) is 3.61. The summed E-state index contributed by atoms with van der Waals surface area (Å²) < 4.78 is 0. The molecule has 0 radical (unpaired) electrons. The Morgan fingerprint density at radius 1 is 1.04 bits per heavy atom. The Hall–Kier alpha value is -1.59. The number of piperazine rings is 1. The SMILES string of the molecule is CN1CCN(CC(NC(=O)Cc2ccc(Cl)c(Cl)c2)c2ccccc2)CC1. The number of halogens is 2. The molecular weight excluding hydrogens is 381 g/mol. The Bertz CT molecular complexity index is 761. The summed E-state index contributed by atoms with van der Waals surface area (Å²) in [5.41, 5.74) is 1.98. The van der Waals surface area contributed by atoms with E-state index in [2.05, 4.69) is 34.3 Å². The molecule has 0 saturated carbocycles. The van der Waals surface area contributed by atoms with E-state index in [1.807, 2.05) is 24.3 Å². The van der Waals surface area contributed by atoms with Crippen LogP contribution in [0.3, 0.4) is 0 Å². The van der Waals surface area contributed by atoms with Crippen LogP contribution in [0.5, 0.6) is 0 Å². The largest absolute Gasteiger partial charge is 0.348 e. The molecular formula is C21H25Cl2N3O. The van der Waals surface area contributed by atoms with Crippen LogP contribution in [0.1, 0.15) is 17.2 Å². The fraction of sp³-hybridized carbons (Fsp3) is 0.381. The van der Waals surface area contributed by atoms with Gasteiger partial charge < -0.3 is 10.2 Å². The number of hydrogen-bond donors (Lipinski definition) is 1. The molecule has 3 rings (SSSR count). The first-order valence-electron chi connectivity index (χ1n) is 9.20. The number of amides is 1. The molecule has 6 heteroatoms. The van der Waals surface area contributed by atoms with Crippen LogP contribution in [0.4, 0.5) is 0 Å². The van der Waals surface area contributed by atoms with Crippen molar-refractivity contribution in [3.63, 3.8) is 0 Å². The zero-order valence-electron chi connectivity index (χ0n) is 15.5. The van der Waals surface area contributed by atoms with E-state index in [1.165, 1.54) is 0 Å². The summed E-state index contributed by atoms with van der Waals surface area (Å²) in [5, 5.41) is 4.17. The van der Waals surface area contributed by atoms with Crippen molar-refractivity contribution < 1.29 is 4.79 Å². The van der Waals surface area contributed by atoms with Crippen molar-refractivity contribution in [3.8, 4) is 0 Å². The maximum Gasteiger partial charge on any atom is 0.224 e. The van der Waals surface area contributed by atoms with Gasteiger partial charge in [0.1, 0.15) is 0 Å². The standard InChI is InChI=1S/C21H25Cl2N3O/c1-25-9-11-26(12-10-25)15-20(17-5-3-2-4-6-17)24-21(27)14-16-7-8-18(22)19(23)13-16/h2-8,13,20H,9-12,14-15H2,1H3,(H,24,27). The number of carbonyl (C=O) groups excluding carboxylic acids is 1. The molecule has 0 bridgehead atoms. The second-order valence-electron chi connectivity index (χ2n) is 7.06. The number of benzene rings is 2. The zero-order valence-corrected chi connectivity index (χ0v) is 17.0. The molecule has 1 aliphatic rings. The van der Waals surface area contributed by atoms with Gasteiger partial charge in [0, 0.05) is 32.7 Å². The summed E-state index contributed by atoms with van der Waals surface area (Å²) in [6.07, 6.45) is 0.281. The highest BCUT2D eigenvalue weighted by molar-refractivity contribution is 6.42. The van der Waals surface area contributed by atoms with Gasteiger partial charge in [-0.1, -0.05) is 59.6 Å². The highest BCUT2D eigenvalue weighted by Crippen LogP contribution is 2.23. The van der Waals surface area contributed by atoms with Crippen molar-refractivity contribution in [1.82, 2.24) is 15.1 Å². The van der Waals surface area contributed by atoms with Crippen LogP contribution < -0.4 is 5.32 Å². The van der Waals surface area contributed by atoms with Gasteiger partial charge in [-0.3, -0.25) is 9.69 Å². The van der Waals surface area contributed by atoms with Crippen molar-refractivity contribution >= 4 is 29.1 Å². The van der Waals surface area contributed by atoms with Gasteiger partial charge in [0.25, 0.3) is 0 Å². The lowest BCUT2D eigenvalue weighted by Crippen LogP contribution is -2.48. The molecule has 1 unspecified atom stereocenters. The second kappa shape index (κ2) is 9.56. The minimum Gasteiger partial charge on any atom is -0.348 e. The molecule has 4 nitrogen and oxygen atoms in total. The number of carbonyl (C=O) groups is 1. The van der Waals surface area contributed by atoms with Crippen LogP contribution in [0.15, 0.2) is 48.5 Å². The number of likely N-dealkylation sites (N-methyl/N-ethyl adjacent to an activating group) is 1. The molecule has 27 heavy (non-hydrogen) atoms. The molecule has 1 N–H and O–H groups in total. The summed E-state index contributed by atoms with van der Waals surface area (Å²) in [7, 11) is 2.14. The molecule has 0 aliphatic carbocycles. The Kier molecular flexibility index (Phi) is 7.13. The van der Waals surface area contributed by atoms with Gasteiger partial charge in [-0.15, -0.1) is 0 Å². The number of nitrogens with one attached hydrogen (secondary N) is 1. The van der Waals surface area contributed by atoms with E-state index in [1.54, 1.807) is 12.1 Å². The number of nitrogens with zero attached hydrogens (tertiary/aromatic N) is 2. The first-order chi connectivity index (χ1) is 13.0. The molecule has 1 heterocycles. The van der Waals surface area contributed by atoms with E-state index in [-0.39, 0.29) is 18.4 Å². The van der Waals surface area contributed by atoms with Crippen molar-refractivity contribution in [1.29, 1.82) is 0 Å². The molecule has 0 aromatic heterocycles. The Balaban J connectivity index is 1.66. The molecule has 144 valence electrons. The predicted octanol–water partition coefficient (Wildman–Crippen LogP) is 3.64. The molecule has 1 aliphatic heterocycles. The molecule has 1 saturated heterocycles. The third-order valence-electron chi connectivity index (χ3n) is 4.92. The van der Waals surface area contributed by atoms with E-state index < -0.39 is 0 Å². The predicted molar refractivity (Wildman–Crippen MR) is 111 cm³/mol. The Labute approximate surface area is 171 Å². The number of rotatable bonds is 6. The minimum absolute atomic E-state index is 0.0173. The van der Waals surface area contributed by atoms with Crippen LogP contribution in [0.2, 0.25) is 10.0 Å². The molecule has 0 spiro atoms. The lowest BCUT2D eigenvalue weighted by molar-refractivity contribution is -0.121. The van der Waals surface area contributed by atoms with E-state index in [0.29, 0.717) is 10.0 Å². The van der Waals surface area contributed by atoms with E-state index in [9.17, 15) is 4.79 Å². The Morgan fingerprint density at radius 3 is 2.41 bits per heavy atom. The topological polar surface area (TPSA) is 35.6 Å². The molecule has 1 atom stereocenters. The molecule has 1 fully saturated rings. The lowest BCUT2D eigenvalue weighted by Gasteiger charge is -2.35. The summed E-state index contributed by atoms with van der Waals surface area (Å²) >= 11 is 12.0. The molecule has 1 amide bonds. The molecule has 2 aromatic rings. The van der Waals surface area contributed by atoms with Crippen LogP contribution in [-0.2, 0) is 11.2 Å². The monoisotopic (exact) mass is 405 g/mol. The third-order valence-corrected chi connectivity index (χ3v) is 5.66. The van der Waals surface area contributed by atoms with Gasteiger partial charge in [-0.05, 0) is 30.3 Å². The quantitative estimate of drug-likeness (QED) is 0.796. The van der Waals surface area contributed by atoms with Gasteiger partial charge in [0.15, 0.2) is 0 Å². The van der Waals surface area contributed by atoms with Crippen molar-refractivity contribution in [2.75, 3.05) is 39.8 Å². The van der Waals surface area contributed by atoms with E-state index >= 15 is 0 Å². The number of hydrogen-bond acceptors (Lipinski definition) is 3. The van der Waals surface area contributed by atoms with Crippen LogP contribution >= 0.6 is 23.2 Å². The average Bonchev–Trinajstić information content (AvgIpc) is 2.66. The normalized spacial score (nSPS) is 16.9. The Morgan fingerprint density at radius 2 is 1.74 bits per heavy atom. The average molecular weight is 406 g/mol. The van der Waals surface area contributed by atoms with Crippen molar-refractivity contribution in [3.05, 3.63) is 69.7 Å². The highest BCUT2D eigenvalue weighted by atomic mass is 35.5. The van der Waals surface area contributed by atoms with E-state index in [4.69, 9.17) is 23.2 Å². The second-order valence-corrected chi connectivity index (χ2v) is 7.87. The highest BCUT2D eigenvalue weighted by Gasteiger charge is 2.21. The molecule has 2 aromatic carbocycles. The summed E-state index contributed by atoms with van der Waals surface area (Å²) in [6.45, 7) is 4.95. The summed E-state index contributed by atoms with van der Waals surface area (Å²) in [4.78, 5) is 17.4. The summed E-state index contributed by atoms with van der Waals surface area (Å²) in [6, 6.07) is 15.4. The zero-order chi connectivity index (χ0) is 19.2. The first kappa shape index (κ1) is 20.2. The third kappa shape index (κ3) is 5.94. The van der Waals surface area contributed by atoms with E-state index in [0.717, 1.165) is 43.9 Å². The van der Waals surface area contributed by atoms with Crippen molar-refractivity contribution in [2.45, 2.75) is 12.5 Å². The van der Waals surface area contributed by atoms with Gasteiger partial charge in [0.05, 0.1) is 22.5 Å². The maximum atomic E-state index is 12.7. The van der Waals surface area contributed by atoms with Gasteiger partial charge in [-0.25, -0.2) is 0 Å². The van der Waals surface area contributed by atoms with Gasteiger partial charge in [-0.2, -0.15) is 0 Å².